The van der Waals surface area contributed by atoms with Crippen molar-refractivity contribution in [3.8, 4) is 0 Å². The van der Waals surface area contributed by atoms with E-state index in [-0.39, 0.29) is 36.3 Å². The number of likely N-dealkylation sites (tertiary alicyclic amines) is 1. The quantitative estimate of drug-likeness (QED) is 0.715. The SMILES string of the molecule is O=C(C[C@@H]1NC(=O)N(Cc2cccc(Cl)c2)C1=O)N1CC2C[C@@H](C1)Cn1c2cccc1=O. The maximum Gasteiger partial charge on any atom is 0.325 e. The lowest BCUT2D eigenvalue weighted by atomic mass is 9.83. The zero-order valence-corrected chi connectivity index (χ0v) is 18.1. The summed E-state index contributed by atoms with van der Waals surface area (Å²) in [4.78, 5) is 53.3. The fourth-order valence-electron chi connectivity index (χ4n) is 5.09. The van der Waals surface area contributed by atoms with Gasteiger partial charge >= 0.3 is 6.03 Å². The summed E-state index contributed by atoms with van der Waals surface area (Å²) in [6.45, 7) is 1.77. The van der Waals surface area contributed by atoms with Crippen molar-refractivity contribution in [3.05, 3.63) is 69.1 Å². The number of nitrogens with zero attached hydrogens (tertiary/aromatic N) is 3. The number of aromatic nitrogens is 1. The molecule has 4 heterocycles. The molecular formula is C23H23ClN4O4. The fourth-order valence-corrected chi connectivity index (χ4v) is 5.30. The minimum absolute atomic E-state index is 0.00367. The van der Waals surface area contributed by atoms with Crippen LogP contribution < -0.4 is 10.9 Å². The van der Waals surface area contributed by atoms with Crippen molar-refractivity contribution < 1.29 is 14.4 Å². The Morgan fingerprint density at radius 3 is 2.69 bits per heavy atom. The highest BCUT2D eigenvalue weighted by molar-refractivity contribution is 6.30. The molecule has 4 amide bonds. The lowest BCUT2D eigenvalue weighted by Crippen LogP contribution is -2.50. The first-order valence-electron chi connectivity index (χ1n) is 10.7. The van der Waals surface area contributed by atoms with E-state index in [1.165, 1.54) is 0 Å². The normalized spacial score (nSPS) is 24.3. The summed E-state index contributed by atoms with van der Waals surface area (Å²) in [5, 5.41) is 3.17. The van der Waals surface area contributed by atoms with E-state index in [9.17, 15) is 19.2 Å². The molecule has 1 aromatic heterocycles. The molecule has 5 rings (SSSR count). The predicted molar refractivity (Wildman–Crippen MR) is 117 cm³/mol. The molecule has 9 heteroatoms. The molecule has 3 atom stereocenters. The number of hydrogen-bond acceptors (Lipinski definition) is 4. The number of nitrogens with one attached hydrogen (secondary N) is 1. The predicted octanol–water partition coefficient (Wildman–Crippen LogP) is 1.96. The number of pyridine rings is 1. The van der Waals surface area contributed by atoms with Gasteiger partial charge in [-0.25, -0.2) is 4.79 Å². The average Bonchev–Trinajstić information content (AvgIpc) is 3.02. The first-order chi connectivity index (χ1) is 15.4. The van der Waals surface area contributed by atoms with Crippen LogP contribution in [0.5, 0.6) is 0 Å². The molecule has 32 heavy (non-hydrogen) atoms. The van der Waals surface area contributed by atoms with Gasteiger partial charge in [0, 0.05) is 42.3 Å². The molecular weight excluding hydrogens is 432 g/mol. The lowest BCUT2D eigenvalue weighted by Gasteiger charge is -2.43. The van der Waals surface area contributed by atoms with Crippen LogP contribution >= 0.6 is 11.6 Å². The zero-order chi connectivity index (χ0) is 22.4. The number of fused-ring (bicyclic) bond motifs is 4. The lowest BCUT2D eigenvalue weighted by molar-refractivity contribution is -0.137. The van der Waals surface area contributed by atoms with Gasteiger partial charge in [0.1, 0.15) is 6.04 Å². The van der Waals surface area contributed by atoms with Crippen LogP contribution in [0.1, 0.15) is 30.0 Å². The van der Waals surface area contributed by atoms with E-state index < -0.39 is 18.0 Å². The van der Waals surface area contributed by atoms with E-state index >= 15 is 0 Å². The van der Waals surface area contributed by atoms with Crippen LogP contribution in [-0.4, -0.2) is 51.3 Å². The van der Waals surface area contributed by atoms with Crippen LogP contribution in [-0.2, 0) is 22.7 Å². The van der Waals surface area contributed by atoms with E-state index in [4.69, 9.17) is 11.6 Å². The van der Waals surface area contributed by atoms with Gasteiger partial charge in [0.05, 0.1) is 13.0 Å². The molecule has 0 saturated carbocycles. The minimum Gasteiger partial charge on any atom is -0.342 e. The van der Waals surface area contributed by atoms with Gasteiger partial charge in [0.15, 0.2) is 0 Å². The fraction of sp³-hybridized carbons (Fsp3) is 0.391. The molecule has 1 unspecified atom stereocenters. The highest BCUT2D eigenvalue weighted by Crippen LogP contribution is 2.35. The number of benzene rings is 1. The molecule has 1 aromatic carbocycles. The second kappa shape index (κ2) is 8.09. The smallest absolute Gasteiger partial charge is 0.325 e. The molecule has 2 fully saturated rings. The summed E-state index contributed by atoms with van der Waals surface area (Å²) in [6.07, 6.45) is 0.872. The third kappa shape index (κ3) is 3.79. The third-order valence-corrected chi connectivity index (χ3v) is 6.78. The van der Waals surface area contributed by atoms with Crippen LogP contribution in [0.2, 0.25) is 5.02 Å². The van der Waals surface area contributed by atoms with Crippen molar-refractivity contribution in [1.82, 2.24) is 19.7 Å². The number of rotatable bonds is 4. The Kier molecular flexibility index (Phi) is 5.25. The highest BCUT2D eigenvalue weighted by atomic mass is 35.5. The number of halogens is 1. The second-order valence-corrected chi connectivity index (χ2v) is 9.19. The molecule has 0 aliphatic carbocycles. The summed E-state index contributed by atoms with van der Waals surface area (Å²) in [6, 6.07) is 10.9. The number of urea groups is 1. The van der Waals surface area contributed by atoms with E-state index in [1.807, 2.05) is 10.6 Å². The number of carbonyl (C=O) groups is 3. The van der Waals surface area contributed by atoms with E-state index in [0.717, 1.165) is 22.6 Å². The molecule has 2 saturated heterocycles. The van der Waals surface area contributed by atoms with Gasteiger partial charge in [-0.3, -0.25) is 19.3 Å². The van der Waals surface area contributed by atoms with Crippen LogP contribution in [0.25, 0.3) is 0 Å². The Morgan fingerprint density at radius 1 is 1.06 bits per heavy atom. The number of carbonyl (C=O) groups excluding carboxylic acids is 3. The summed E-state index contributed by atoms with van der Waals surface area (Å²) < 4.78 is 1.81. The summed E-state index contributed by atoms with van der Waals surface area (Å²) in [5.41, 5.74) is 1.70. The summed E-state index contributed by atoms with van der Waals surface area (Å²) in [7, 11) is 0. The van der Waals surface area contributed by atoms with Crippen LogP contribution in [0.4, 0.5) is 4.79 Å². The summed E-state index contributed by atoms with van der Waals surface area (Å²) >= 11 is 5.99. The molecule has 0 spiro atoms. The number of amides is 4. The van der Waals surface area contributed by atoms with Crippen LogP contribution in [0, 0.1) is 5.92 Å². The maximum absolute atomic E-state index is 13.0. The van der Waals surface area contributed by atoms with E-state index in [1.54, 1.807) is 41.3 Å². The van der Waals surface area contributed by atoms with Gasteiger partial charge in [-0.2, -0.15) is 0 Å². The largest absolute Gasteiger partial charge is 0.342 e. The van der Waals surface area contributed by atoms with Gasteiger partial charge < -0.3 is 14.8 Å². The number of piperidine rings is 1. The second-order valence-electron chi connectivity index (χ2n) is 8.76. The molecule has 3 aliphatic heterocycles. The Bertz CT molecular complexity index is 1160. The van der Waals surface area contributed by atoms with Crippen LogP contribution in [0.3, 0.4) is 0 Å². The van der Waals surface area contributed by atoms with Gasteiger partial charge in [0.25, 0.3) is 11.5 Å². The topological polar surface area (TPSA) is 91.7 Å². The summed E-state index contributed by atoms with van der Waals surface area (Å²) in [5.74, 6) is -0.251. The van der Waals surface area contributed by atoms with Crippen molar-refractivity contribution in [1.29, 1.82) is 0 Å². The minimum atomic E-state index is -0.870. The molecule has 0 radical (unpaired) electrons. The molecule has 3 aliphatic rings. The number of imide groups is 1. The number of hydrogen-bond donors (Lipinski definition) is 1. The van der Waals surface area contributed by atoms with Crippen LogP contribution in [0.15, 0.2) is 47.3 Å². The Balaban J connectivity index is 1.25. The third-order valence-electron chi connectivity index (χ3n) is 6.55. The molecule has 2 aromatic rings. The highest BCUT2D eigenvalue weighted by Gasteiger charge is 2.41. The van der Waals surface area contributed by atoms with Gasteiger partial charge in [-0.05, 0) is 36.1 Å². The standard InChI is InChI=1S/C23H23ClN4O4/c24-17-4-1-3-14(8-17)11-28-22(31)18(25-23(28)32)9-21(30)26-10-15-7-16(13-26)19-5-2-6-20(29)27(19)12-15/h1-6,8,15-16,18H,7,9-13H2,(H,25,32)/t15-,16?,18-/m0/s1. The van der Waals surface area contributed by atoms with Crippen molar-refractivity contribution >= 4 is 29.4 Å². The van der Waals surface area contributed by atoms with E-state index in [2.05, 4.69) is 5.32 Å². The van der Waals surface area contributed by atoms with Gasteiger partial charge in [-0.1, -0.05) is 29.8 Å². The van der Waals surface area contributed by atoms with Crippen molar-refractivity contribution in [3.63, 3.8) is 0 Å². The molecule has 8 nitrogen and oxygen atoms in total. The van der Waals surface area contributed by atoms with Crippen molar-refractivity contribution in [2.24, 2.45) is 5.92 Å². The molecule has 2 bridgehead atoms. The molecule has 166 valence electrons. The Labute approximate surface area is 189 Å². The first kappa shape index (κ1) is 20.8. The first-order valence-corrected chi connectivity index (χ1v) is 11.1. The Morgan fingerprint density at radius 2 is 1.88 bits per heavy atom. The van der Waals surface area contributed by atoms with Gasteiger partial charge in [0.2, 0.25) is 5.91 Å². The van der Waals surface area contributed by atoms with E-state index in [0.29, 0.717) is 24.7 Å². The monoisotopic (exact) mass is 454 g/mol. The molecule has 1 N–H and O–H groups in total. The Hall–Kier alpha value is -3.13. The van der Waals surface area contributed by atoms with Crippen molar-refractivity contribution in [2.75, 3.05) is 13.1 Å². The maximum atomic E-state index is 13.0. The van der Waals surface area contributed by atoms with Gasteiger partial charge in [-0.15, -0.1) is 0 Å². The van der Waals surface area contributed by atoms with Crippen molar-refractivity contribution in [2.45, 2.75) is 37.9 Å². The average molecular weight is 455 g/mol. The zero-order valence-electron chi connectivity index (χ0n) is 17.4.